The number of rotatable bonds is 6. The molecule has 1 aliphatic carbocycles. The van der Waals surface area contributed by atoms with Gasteiger partial charge in [-0.1, -0.05) is 23.8 Å². The lowest BCUT2D eigenvalue weighted by Crippen LogP contribution is -2.28. The number of carbonyl (C=O) groups excluding carboxylic acids is 2. The molecule has 1 aromatic heterocycles. The van der Waals surface area contributed by atoms with Gasteiger partial charge >= 0.3 is 6.18 Å². The zero-order valence-electron chi connectivity index (χ0n) is 17.2. The lowest BCUT2D eigenvalue weighted by atomic mass is 9.85. The summed E-state index contributed by atoms with van der Waals surface area (Å²) >= 11 is 0. The molecule has 3 aromatic rings. The molecule has 7 nitrogen and oxygen atoms in total. The van der Waals surface area contributed by atoms with Crippen LogP contribution < -0.4 is 10.6 Å². The standard InChI is InChI=1S/C22H19F4N5O2/c23-15-7-9-17(10-8-15)31-19(22(24,25)26)18(29-30-31)21(33)27-12-13-3-1-6-16(11-13)28-20(32)14-4-2-5-14/h1,3,6-11,14H,2,4-5,12H2,(H,27,33)(H,28,32). The summed E-state index contributed by atoms with van der Waals surface area (Å²) in [5.41, 5.74) is -1.24. The minimum atomic E-state index is -4.93. The van der Waals surface area contributed by atoms with E-state index < -0.39 is 29.3 Å². The molecule has 0 unspecified atom stereocenters. The van der Waals surface area contributed by atoms with E-state index in [1.54, 1.807) is 24.3 Å². The summed E-state index contributed by atoms with van der Waals surface area (Å²) in [6.07, 6.45) is -2.21. The van der Waals surface area contributed by atoms with E-state index in [1.807, 2.05) is 0 Å². The molecule has 2 amide bonds. The van der Waals surface area contributed by atoms with E-state index in [0.717, 1.165) is 43.5 Å². The third-order valence-electron chi connectivity index (χ3n) is 5.35. The Morgan fingerprint density at radius 2 is 1.82 bits per heavy atom. The second-order valence-corrected chi connectivity index (χ2v) is 7.67. The summed E-state index contributed by atoms with van der Waals surface area (Å²) in [5.74, 6) is -1.77. The normalized spacial score (nSPS) is 13.9. The number of amides is 2. The Kier molecular flexibility index (Phi) is 6.12. The first-order valence-corrected chi connectivity index (χ1v) is 10.2. The van der Waals surface area contributed by atoms with Gasteiger partial charge in [0.1, 0.15) is 5.82 Å². The average Bonchev–Trinajstić information content (AvgIpc) is 3.17. The Morgan fingerprint density at radius 1 is 1.09 bits per heavy atom. The fourth-order valence-corrected chi connectivity index (χ4v) is 3.39. The van der Waals surface area contributed by atoms with Crippen LogP contribution in [0.5, 0.6) is 0 Å². The smallest absolute Gasteiger partial charge is 0.346 e. The number of nitrogens with one attached hydrogen (secondary N) is 2. The lowest BCUT2D eigenvalue weighted by Gasteiger charge is -2.24. The van der Waals surface area contributed by atoms with Crippen molar-refractivity contribution in [1.82, 2.24) is 20.3 Å². The van der Waals surface area contributed by atoms with Gasteiger partial charge in [-0.2, -0.15) is 13.2 Å². The molecule has 1 heterocycles. The summed E-state index contributed by atoms with van der Waals surface area (Å²) in [6.45, 7) is -0.0906. The van der Waals surface area contributed by atoms with Gasteiger partial charge in [-0.05, 0) is 54.8 Å². The molecule has 172 valence electrons. The van der Waals surface area contributed by atoms with Gasteiger partial charge in [0, 0.05) is 18.2 Å². The second-order valence-electron chi connectivity index (χ2n) is 7.67. The van der Waals surface area contributed by atoms with Crippen LogP contribution in [0.3, 0.4) is 0 Å². The van der Waals surface area contributed by atoms with Crippen molar-refractivity contribution in [1.29, 1.82) is 0 Å². The largest absolute Gasteiger partial charge is 0.435 e. The van der Waals surface area contributed by atoms with Gasteiger partial charge in [0.2, 0.25) is 5.91 Å². The number of anilines is 1. The van der Waals surface area contributed by atoms with Gasteiger partial charge in [-0.3, -0.25) is 9.59 Å². The number of hydrogen-bond acceptors (Lipinski definition) is 4. The SMILES string of the molecule is O=C(NCc1cccc(NC(=O)C2CCC2)c1)c1nnn(-c2ccc(F)cc2)c1C(F)(F)F. The average molecular weight is 461 g/mol. The Balaban J connectivity index is 1.49. The maximum atomic E-state index is 13.7. The summed E-state index contributed by atoms with van der Waals surface area (Å²) < 4.78 is 54.7. The molecule has 1 aliphatic rings. The summed E-state index contributed by atoms with van der Waals surface area (Å²) in [6, 6.07) is 10.8. The van der Waals surface area contributed by atoms with E-state index in [9.17, 15) is 27.2 Å². The first-order chi connectivity index (χ1) is 15.7. The van der Waals surface area contributed by atoms with Crippen molar-refractivity contribution < 1.29 is 27.2 Å². The Labute approximate surface area is 185 Å². The molecule has 0 atom stereocenters. The monoisotopic (exact) mass is 461 g/mol. The van der Waals surface area contributed by atoms with Crippen molar-refractivity contribution >= 4 is 17.5 Å². The fourth-order valence-electron chi connectivity index (χ4n) is 3.39. The van der Waals surface area contributed by atoms with Gasteiger partial charge in [-0.25, -0.2) is 9.07 Å². The fraction of sp³-hybridized carbons (Fsp3) is 0.273. The van der Waals surface area contributed by atoms with Crippen LogP contribution in [0.25, 0.3) is 5.69 Å². The lowest BCUT2D eigenvalue weighted by molar-refractivity contribution is -0.143. The third kappa shape index (κ3) is 5.02. The van der Waals surface area contributed by atoms with Gasteiger partial charge in [0.25, 0.3) is 5.91 Å². The number of aromatic nitrogens is 3. The molecule has 0 aliphatic heterocycles. The van der Waals surface area contributed by atoms with E-state index in [-0.39, 0.29) is 24.1 Å². The van der Waals surface area contributed by atoms with E-state index in [1.165, 1.54) is 0 Å². The van der Waals surface area contributed by atoms with Crippen LogP contribution >= 0.6 is 0 Å². The summed E-state index contributed by atoms with van der Waals surface area (Å²) in [4.78, 5) is 24.6. The van der Waals surface area contributed by atoms with Crippen LogP contribution in [0.1, 0.15) is 41.0 Å². The number of benzene rings is 2. The van der Waals surface area contributed by atoms with Crippen molar-refractivity contribution in [2.75, 3.05) is 5.32 Å². The Bertz CT molecular complexity index is 1170. The van der Waals surface area contributed by atoms with Crippen LogP contribution in [0, 0.1) is 11.7 Å². The third-order valence-corrected chi connectivity index (χ3v) is 5.35. The molecule has 0 bridgehead atoms. The van der Waals surface area contributed by atoms with E-state index in [4.69, 9.17) is 0 Å². The Morgan fingerprint density at radius 3 is 2.45 bits per heavy atom. The first kappa shape index (κ1) is 22.4. The number of hydrogen-bond donors (Lipinski definition) is 2. The van der Waals surface area contributed by atoms with Crippen molar-refractivity contribution in [2.24, 2.45) is 5.92 Å². The molecular weight excluding hydrogens is 442 g/mol. The van der Waals surface area contributed by atoms with Crippen LogP contribution in [0.4, 0.5) is 23.2 Å². The van der Waals surface area contributed by atoms with Gasteiger partial charge in [0.15, 0.2) is 11.4 Å². The molecule has 33 heavy (non-hydrogen) atoms. The van der Waals surface area contributed by atoms with Crippen LogP contribution in [-0.4, -0.2) is 26.8 Å². The molecule has 4 rings (SSSR count). The highest BCUT2D eigenvalue weighted by Crippen LogP contribution is 2.33. The highest BCUT2D eigenvalue weighted by molar-refractivity contribution is 5.94. The van der Waals surface area contributed by atoms with E-state index >= 15 is 0 Å². The number of carbonyl (C=O) groups is 2. The van der Waals surface area contributed by atoms with Crippen molar-refractivity contribution in [2.45, 2.75) is 32.0 Å². The molecule has 0 spiro atoms. The minimum Gasteiger partial charge on any atom is -0.346 e. The molecule has 11 heteroatoms. The zero-order chi connectivity index (χ0) is 23.6. The van der Waals surface area contributed by atoms with Crippen LogP contribution in [0.15, 0.2) is 48.5 Å². The molecule has 0 radical (unpaired) electrons. The van der Waals surface area contributed by atoms with Gasteiger partial charge in [-0.15, -0.1) is 5.10 Å². The predicted octanol–water partition coefficient (Wildman–Crippen LogP) is 4.09. The van der Waals surface area contributed by atoms with Crippen molar-refractivity contribution in [3.8, 4) is 5.69 Å². The topological polar surface area (TPSA) is 88.9 Å². The molecule has 1 saturated carbocycles. The highest BCUT2D eigenvalue weighted by atomic mass is 19.4. The maximum absolute atomic E-state index is 13.7. The molecule has 2 N–H and O–H groups in total. The van der Waals surface area contributed by atoms with E-state index in [2.05, 4.69) is 20.9 Å². The van der Waals surface area contributed by atoms with Gasteiger partial charge < -0.3 is 10.6 Å². The first-order valence-electron chi connectivity index (χ1n) is 10.2. The van der Waals surface area contributed by atoms with Crippen molar-refractivity contribution in [3.63, 3.8) is 0 Å². The quantitative estimate of drug-likeness (QED) is 0.541. The molecule has 1 fully saturated rings. The summed E-state index contributed by atoms with van der Waals surface area (Å²) in [5, 5.41) is 12.1. The number of alkyl halides is 3. The van der Waals surface area contributed by atoms with Crippen LogP contribution in [-0.2, 0) is 17.5 Å². The zero-order valence-corrected chi connectivity index (χ0v) is 17.2. The molecule has 2 aromatic carbocycles. The van der Waals surface area contributed by atoms with Crippen molar-refractivity contribution in [3.05, 3.63) is 71.3 Å². The molecule has 0 saturated heterocycles. The van der Waals surface area contributed by atoms with Crippen LogP contribution in [0.2, 0.25) is 0 Å². The molecular formula is C22H19F4N5O2. The maximum Gasteiger partial charge on any atom is 0.435 e. The van der Waals surface area contributed by atoms with E-state index in [0.29, 0.717) is 15.9 Å². The predicted molar refractivity (Wildman–Crippen MR) is 110 cm³/mol. The number of nitrogens with zero attached hydrogens (tertiary/aromatic N) is 3. The second kappa shape index (κ2) is 9.00. The summed E-state index contributed by atoms with van der Waals surface area (Å²) in [7, 11) is 0. The number of halogens is 4. The minimum absolute atomic E-state index is 0.00198. The Hall–Kier alpha value is -3.76. The van der Waals surface area contributed by atoms with Gasteiger partial charge in [0.05, 0.1) is 5.69 Å². The highest BCUT2D eigenvalue weighted by Gasteiger charge is 2.42.